The molecule has 0 heterocycles. The van der Waals surface area contributed by atoms with Crippen LogP contribution < -0.4 is 0 Å². The maximum absolute atomic E-state index is 8.72. The Morgan fingerprint density at radius 3 is 2.43 bits per heavy atom. The predicted molar refractivity (Wildman–Crippen MR) is 59.2 cm³/mol. The molecule has 14 heavy (non-hydrogen) atoms. The highest BCUT2D eigenvalue weighted by Gasteiger charge is 2.30. The average Bonchev–Trinajstić information content (AvgIpc) is 2.28. The minimum atomic E-state index is -0.391. The molecule has 0 fully saturated rings. The van der Waals surface area contributed by atoms with Gasteiger partial charge in [0, 0.05) is 5.41 Å². The third kappa shape index (κ3) is 1.90. The molecule has 1 unspecified atom stereocenters. The summed E-state index contributed by atoms with van der Waals surface area (Å²) >= 11 is 5.91. The Bertz CT molecular complexity index is 323. The zero-order valence-corrected chi connectivity index (χ0v) is 9.12. The van der Waals surface area contributed by atoms with E-state index in [1.54, 1.807) is 0 Å². The molecule has 2 nitrogen and oxygen atoms in total. The summed E-state index contributed by atoms with van der Waals surface area (Å²) < 4.78 is 0. The first-order valence-electron chi connectivity index (χ1n) is 4.58. The lowest BCUT2D eigenvalue weighted by Crippen LogP contribution is -2.28. The molecule has 1 atom stereocenters. The average molecular weight is 212 g/mol. The Morgan fingerprint density at radius 2 is 2.00 bits per heavy atom. The van der Waals surface area contributed by atoms with Crippen molar-refractivity contribution in [2.75, 3.05) is 0 Å². The molecule has 0 aliphatic carbocycles. The number of oxime groups is 1. The lowest BCUT2D eigenvalue weighted by molar-refractivity contribution is 0.315. The normalized spacial score (nSPS) is 16.4. The fourth-order valence-electron chi connectivity index (χ4n) is 1.39. The Morgan fingerprint density at radius 1 is 1.43 bits per heavy atom. The summed E-state index contributed by atoms with van der Waals surface area (Å²) in [6, 6.07) is 9.81. The van der Waals surface area contributed by atoms with Crippen molar-refractivity contribution in [1.29, 1.82) is 0 Å². The van der Waals surface area contributed by atoms with E-state index in [0.717, 1.165) is 12.0 Å². The molecule has 0 amide bonds. The van der Waals surface area contributed by atoms with E-state index in [4.69, 9.17) is 16.8 Å². The van der Waals surface area contributed by atoms with Crippen LogP contribution in [0.4, 0.5) is 0 Å². The van der Waals surface area contributed by atoms with Crippen LogP contribution in [0.5, 0.6) is 0 Å². The van der Waals surface area contributed by atoms with Gasteiger partial charge in [-0.25, -0.2) is 0 Å². The van der Waals surface area contributed by atoms with Crippen LogP contribution in [-0.4, -0.2) is 10.4 Å². The zero-order valence-electron chi connectivity index (χ0n) is 8.37. The van der Waals surface area contributed by atoms with E-state index in [9.17, 15) is 0 Å². The smallest absolute Gasteiger partial charge is 0.155 e. The van der Waals surface area contributed by atoms with Gasteiger partial charge in [0.05, 0.1) is 0 Å². The number of hydrogen-bond donors (Lipinski definition) is 1. The number of hydrogen-bond acceptors (Lipinski definition) is 2. The second kappa shape index (κ2) is 4.47. The topological polar surface area (TPSA) is 32.6 Å². The van der Waals surface area contributed by atoms with E-state index < -0.39 is 5.41 Å². The van der Waals surface area contributed by atoms with Gasteiger partial charge in [-0.1, -0.05) is 54.0 Å². The van der Waals surface area contributed by atoms with Crippen LogP contribution in [-0.2, 0) is 5.41 Å². The van der Waals surface area contributed by atoms with Crippen LogP contribution in [0.2, 0.25) is 0 Å². The van der Waals surface area contributed by atoms with Crippen molar-refractivity contribution in [3.63, 3.8) is 0 Å². The molecule has 0 radical (unpaired) electrons. The molecule has 1 aromatic rings. The van der Waals surface area contributed by atoms with Gasteiger partial charge in [-0.05, 0) is 18.9 Å². The van der Waals surface area contributed by atoms with Gasteiger partial charge in [0.15, 0.2) is 5.17 Å². The van der Waals surface area contributed by atoms with Gasteiger partial charge < -0.3 is 5.21 Å². The lowest BCUT2D eigenvalue weighted by Gasteiger charge is -2.26. The van der Waals surface area contributed by atoms with Crippen molar-refractivity contribution in [2.24, 2.45) is 5.16 Å². The van der Waals surface area contributed by atoms with E-state index in [1.165, 1.54) is 0 Å². The van der Waals surface area contributed by atoms with Crippen LogP contribution in [0.1, 0.15) is 25.8 Å². The molecule has 0 aliphatic rings. The molecule has 0 aliphatic heterocycles. The number of nitrogens with zero attached hydrogens (tertiary/aromatic N) is 1. The van der Waals surface area contributed by atoms with Gasteiger partial charge in [-0.15, -0.1) is 0 Å². The molecule has 0 bridgehead atoms. The van der Waals surface area contributed by atoms with Crippen LogP contribution in [0.3, 0.4) is 0 Å². The molecule has 0 saturated heterocycles. The summed E-state index contributed by atoms with van der Waals surface area (Å²) in [5, 5.41) is 12.0. The summed E-state index contributed by atoms with van der Waals surface area (Å²) in [6.07, 6.45) is 0.792. The highest BCUT2D eigenvalue weighted by Crippen LogP contribution is 2.30. The third-order valence-electron chi connectivity index (χ3n) is 2.66. The standard InChI is InChI=1S/C11H14ClNO/c1-3-11(2,10(12)13-14)9-7-5-4-6-8-9/h4-8,14H,3H2,1-2H3/b13-10+. The maximum atomic E-state index is 8.72. The summed E-state index contributed by atoms with van der Waals surface area (Å²) in [5.41, 5.74) is 0.669. The fraction of sp³-hybridized carbons (Fsp3) is 0.364. The Balaban J connectivity index is 3.15. The van der Waals surface area contributed by atoms with Gasteiger partial charge in [-0.2, -0.15) is 0 Å². The molecule has 3 heteroatoms. The summed E-state index contributed by atoms with van der Waals surface area (Å²) in [4.78, 5) is 0. The molecular formula is C11H14ClNO. The summed E-state index contributed by atoms with van der Waals surface area (Å²) in [5.74, 6) is 0. The molecular weight excluding hydrogens is 198 g/mol. The molecule has 0 spiro atoms. The van der Waals surface area contributed by atoms with Crippen molar-refractivity contribution < 1.29 is 5.21 Å². The first-order chi connectivity index (χ1) is 6.65. The van der Waals surface area contributed by atoms with Gasteiger partial charge in [0.25, 0.3) is 0 Å². The zero-order chi connectivity index (χ0) is 10.6. The van der Waals surface area contributed by atoms with Crippen molar-refractivity contribution in [2.45, 2.75) is 25.7 Å². The van der Waals surface area contributed by atoms with E-state index in [2.05, 4.69) is 5.16 Å². The molecule has 1 N–H and O–H groups in total. The number of rotatable bonds is 3. The number of benzene rings is 1. The van der Waals surface area contributed by atoms with Crippen molar-refractivity contribution in [3.8, 4) is 0 Å². The minimum Gasteiger partial charge on any atom is -0.410 e. The van der Waals surface area contributed by atoms with Crippen LogP contribution >= 0.6 is 11.6 Å². The molecule has 1 aromatic carbocycles. The second-order valence-electron chi connectivity index (χ2n) is 3.44. The first kappa shape index (κ1) is 11.1. The largest absolute Gasteiger partial charge is 0.410 e. The van der Waals surface area contributed by atoms with E-state index in [1.807, 2.05) is 44.2 Å². The van der Waals surface area contributed by atoms with Gasteiger partial charge in [0.2, 0.25) is 0 Å². The highest BCUT2D eigenvalue weighted by molar-refractivity contribution is 6.67. The molecule has 0 saturated carbocycles. The monoisotopic (exact) mass is 211 g/mol. The third-order valence-corrected chi connectivity index (χ3v) is 3.15. The maximum Gasteiger partial charge on any atom is 0.155 e. The van der Waals surface area contributed by atoms with Crippen molar-refractivity contribution in [1.82, 2.24) is 0 Å². The Labute approximate surface area is 89.2 Å². The minimum absolute atomic E-state index is 0.228. The SMILES string of the molecule is CCC(C)(/C(Cl)=N\O)c1ccccc1. The number of halogens is 1. The highest BCUT2D eigenvalue weighted by atomic mass is 35.5. The first-order valence-corrected chi connectivity index (χ1v) is 4.96. The van der Waals surface area contributed by atoms with Crippen LogP contribution in [0, 0.1) is 0 Å². The molecule has 76 valence electrons. The summed E-state index contributed by atoms with van der Waals surface area (Å²) in [7, 11) is 0. The van der Waals surface area contributed by atoms with E-state index >= 15 is 0 Å². The van der Waals surface area contributed by atoms with Crippen LogP contribution in [0.25, 0.3) is 0 Å². The van der Waals surface area contributed by atoms with Crippen LogP contribution in [0.15, 0.2) is 35.5 Å². The fourth-order valence-corrected chi connectivity index (χ4v) is 1.63. The predicted octanol–water partition coefficient (Wildman–Crippen LogP) is 3.38. The molecule has 1 rings (SSSR count). The Hall–Kier alpha value is -1.02. The van der Waals surface area contributed by atoms with Gasteiger partial charge in [0.1, 0.15) is 0 Å². The van der Waals surface area contributed by atoms with Gasteiger partial charge in [-0.3, -0.25) is 0 Å². The van der Waals surface area contributed by atoms with Gasteiger partial charge >= 0.3 is 0 Å². The van der Waals surface area contributed by atoms with E-state index in [0.29, 0.717) is 0 Å². The quantitative estimate of drug-likeness (QED) is 0.464. The van der Waals surface area contributed by atoms with Crippen molar-refractivity contribution >= 4 is 16.8 Å². The Kier molecular flexibility index (Phi) is 3.53. The lowest BCUT2D eigenvalue weighted by atomic mass is 9.81. The van der Waals surface area contributed by atoms with E-state index in [-0.39, 0.29) is 5.17 Å². The second-order valence-corrected chi connectivity index (χ2v) is 3.80. The molecule has 0 aromatic heterocycles. The van der Waals surface area contributed by atoms with Crippen molar-refractivity contribution in [3.05, 3.63) is 35.9 Å². The summed E-state index contributed by atoms with van der Waals surface area (Å²) in [6.45, 7) is 3.98.